The van der Waals surface area contributed by atoms with E-state index >= 15 is 0 Å². The van der Waals surface area contributed by atoms with E-state index in [0.717, 1.165) is 46.9 Å². The molecule has 2 heterocycles. The molecule has 3 rings (SSSR count). The standard InChI is InChI=1S/C21H27BrN2O3/c1-21(2,3)27-20(25)24-11-8-15(9-12-24)13-26-14-16-7-10-23-19-17(16)5-4-6-18(19)22/h4-7,10,15H,8-9,11-14H2,1-3H3. The van der Waals surface area contributed by atoms with E-state index in [2.05, 4.69) is 27.0 Å². The van der Waals surface area contributed by atoms with Crippen LogP contribution >= 0.6 is 15.9 Å². The summed E-state index contributed by atoms with van der Waals surface area (Å²) in [5.41, 5.74) is 1.66. The molecule has 1 amide bonds. The molecule has 0 N–H and O–H groups in total. The molecule has 1 aliphatic heterocycles. The van der Waals surface area contributed by atoms with Gasteiger partial charge in [-0.3, -0.25) is 4.98 Å². The number of piperidine rings is 1. The Kier molecular flexibility index (Phi) is 6.37. The van der Waals surface area contributed by atoms with E-state index in [1.54, 1.807) is 4.90 Å². The van der Waals surface area contributed by atoms with Gasteiger partial charge in [0.1, 0.15) is 5.60 Å². The third-order valence-corrected chi connectivity index (χ3v) is 5.33. The monoisotopic (exact) mass is 434 g/mol. The number of fused-ring (bicyclic) bond motifs is 1. The van der Waals surface area contributed by atoms with Crippen LogP contribution in [0.3, 0.4) is 0 Å². The molecule has 146 valence electrons. The second-order valence-electron chi connectivity index (χ2n) is 8.03. The highest BCUT2D eigenvalue weighted by atomic mass is 79.9. The van der Waals surface area contributed by atoms with Crippen LogP contribution in [0.4, 0.5) is 4.79 Å². The summed E-state index contributed by atoms with van der Waals surface area (Å²) >= 11 is 3.55. The summed E-state index contributed by atoms with van der Waals surface area (Å²) in [6.45, 7) is 8.43. The van der Waals surface area contributed by atoms with Crippen LogP contribution in [0.2, 0.25) is 0 Å². The largest absolute Gasteiger partial charge is 0.444 e. The molecule has 0 bridgehead atoms. The highest BCUT2D eigenvalue weighted by Crippen LogP contribution is 2.25. The second-order valence-corrected chi connectivity index (χ2v) is 8.89. The zero-order chi connectivity index (χ0) is 19.4. The number of benzene rings is 1. The second kappa shape index (κ2) is 8.57. The number of hydrogen-bond donors (Lipinski definition) is 0. The molecule has 0 atom stereocenters. The van der Waals surface area contributed by atoms with Gasteiger partial charge in [-0.1, -0.05) is 12.1 Å². The Labute approximate surface area is 169 Å². The van der Waals surface area contributed by atoms with Crippen molar-refractivity contribution in [1.82, 2.24) is 9.88 Å². The topological polar surface area (TPSA) is 51.7 Å². The highest BCUT2D eigenvalue weighted by Gasteiger charge is 2.26. The molecular weight excluding hydrogens is 408 g/mol. The summed E-state index contributed by atoms with van der Waals surface area (Å²) < 4.78 is 12.5. The van der Waals surface area contributed by atoms with Gasteiger partial charge in [0.25, 0.3) is 0 Å². The summed E-state index contributed by atoms with van der Waals surface area (Å²) in [5.74, 6) is 0.475. The average molecular weight is 435 g/mol. The van der Waals surface area contributed by atoms with Crippen LogP contribution in [0.15, 0.2) is 34.9 Å². The molecule has 1 fully saturated rings. The molecule has 1 aromatic heterocycles. The smallest absolute Gasteiger partial charge is 0.410 e. The van der Waals surface area contributed by atoms with E-state index in [1.165, 1.54) is 0 Å². The van der Waals surface area contributed by atoms with E-state index in [0.29, 0.717) is 19.1 Å². The summed E-state index contributed by atoms with van der Waals surface area (Å²) in [6.07, 6.45) is 3.50. The van der Waals surface area contributed by atoms with Crippen LogP contribution in [0.5, 0.6) is 0 Å². The number of likely N-dealkylation sites (tertiary alicyclic amines) is 1. The predicted molar refractivity (Wildman–Crippen MR) is 110 cm³/mol. The molecule has 27 heavy (non-hydrogen) atoms. The van der Waals surface area contributed by atoms with Crippen LogP contribution in [0.25, 0.3) is 10.9 Å². The molecule has 0 unspecified atom stereocenters. The molecule has 0 spiro atoms. The van der Waals surface area contributed by atoms with E-state index in [9.17, 15) is 4.79 Å². The summed E-state index contributed by atoms with van der Waals surface area (Å²) in [4.78, 5) is 18.4. The molecule has 1 aliphatic rings. The van der Waals surface area contributed by atoms with Gasteiger partial charge in [0.2, 0.25) is 0 Å². The molecule has 1 aromatic carbocycles. The highest BCUT2D eigenvalue weighted by molar-refractivity contribution is 9.10. The van der Waals surface area contributed by atoms with E-state index in [-0.39, 0.29) is 6.09 Å². The fraction of sp³-hybridized carbons (Fsp3) is 0.524. The zero-order valence-electron chi connectivity index (χ0n) is 16.2. The van der Waals surface area contributed by atoms with Crippen molar-refractivity contribution in [2.24, 2.45) is 5.92 Å². The number of halogens is 1. The summed E-state index contributed by atoms with van der Waals surface area (Å²) in [5, 5.41) is 1.12. The number of aromatic nitrogens is 1. The molecular formula is C21H27BrN2O3. The van der Waals surface area contributed by atoms with Crippen molar-refractivity contribution in [3.63, 3.8) is 0 Å². The van der Waals surface area contributed by atoms with Gasteiger partial charge in [-0.2, -0.15) is 0 Å². The minimum Gasteiger partial charge on any atom is -0.444 e. The lowest BCUT2D eigenvalue weighted by molar-refractivity contribution is 0.0106. The predicted octanol–water partition coefficient (Wildman–Crippen LogP) is 5.16. The molecule has 6 heteroatoms. The molecule has 2 aromatic rings. The maximum Gasteiger partial charge on any atom is 0.410 e. The average Bonchev–Trinajstić information content (AvgIpc) is 2.61. The quantitative estimate of drug-likeness (QED) is 0.666. The first-order valence-electron chi connectivity index (χ1n) is 9.41. The number of para-hydroxylation sites is 1. The van der Waals surface area contributed by atoms with Gasteiger partial charge in [-0.05, 0) is 73.2 Å². The van der Waals surface area contributed by atoms with Crippen LogP contribution < -0.4 is 0 Å². The van der Waals surface area contributed by atoms with E-state index in [1.807, 2.05) is 45.2 Å². The maximum atomic E-state index is 12.1. The Morgan fingerprint density at radius 1 is 1.26 bits per heavy atom. The van der Waals surface area contributed by atoms with Crippen LogP contribution in [0, 0.1) is 5.92 Å². The van der Waals surface area contributed by atoms with Gasteiger partial charge in [-0.25, -0.2) is 4.79 Å². The van der Waals surface area contributed by atoms with Gasteiger partial charge < -0.3 is 14.4 Å². The van der Waals surface area contributed by atoms with Gasteiger partial charge in [0.05, 0.1) is 12.1 Å². The third kappa shape index (κ3) is 5.42. The van der Waals surface area contributed by atoms with Crippen molar-refractivity contribution in [3.8, 4) is 0 Å². The lowest BCUT2D eigenvalue weighted by Gasteiger charge is -2.33. The number of carbonyl (C=O) groups is 1. The molecule has 0 saturated carbocycles. The molecule has 5 nitrogen and oxygen atoms in total. The zero-order valence-corrected chi connectivity index (χ0v) is 17.8. The first-order valence-corrected chi connectivity index (χ1v) is 10.2. The van der Waals surface area contributed by atoms with Gasteiger partial charge >= 0.3 is 6.09 Å². The first kappa shape index (κ1) is 20.1. The Bertz CT molecular complexity index is 796. The fourth-order valence-electron chi connectivity index (χ4n) is 3.27. The van der Waals surface area contributed by atoms with Crippen LogP contribution in [0.1, 0.15) is 39.2 Å². The van der Waals surface area contributed by atoms with Crippen molar-refractivity contribution in [3.05, 3.63) is 40.5 Å². The summed E-state index contributed by atoms with van der Waals surface area (Å²) in [6, 6.07) is 8.10. The maximum absolute atomic E-state index is 12.1. The number of carbonyl (C=O) groups excluding carboxylic acids is 1. The van der Waals surface area contributed by atoms with E-state index < -0.39 is 5.60 Å². The summed E-state index contributed by atoms with van der Waals surface area (Å²) in [7, 11) is 0. The molecule has 0 radical (unpaired) electrons. The minimum atomic E-state index is -0.445. The van der Waals surface area contributed by atoms with Crippen LogP contribution in [-0.2, 0) is 16.1 Å². The van der Waals surface area contributed by atoms with Gasteiger partial charge in [-0.15, -0.1) is 0 Å². The number of hydrogen-bond acceptors (Lipinski definition) is 4. The Morgan fingerprint density at radius 2 is 2.00 bits per heavy atom. The SMILES string of the molecule is CC(C)(C)OC(=O)N1CCC(COCc2ccnc3c(Br)cccc23)CC1. The van der Waals surface area contributed by atoms with Crippen LogP contribution in [-0.4, -0.2) is 41.3 Å². The number of pyridine rings is 1. The Balaban J connectivity index is 1.48. The number of amides is 1. The minimum absolute atomic E-state index is 0.212. The number of ether oxygens (including phenoxy) is 2. The van der Waals surface area contributed by atoms with Gasteiger partial charge in [0, 0.05) is 35.8 Å². The van der Waals surface area contributed by atoms with Crippen molar-refractivity contribution in [1.29, 1.82) is 0 Å². The number of rotatable bonds is 4. The lowest BCUT2D eigenvalue weighted by atomic mass is 9.98. The molecule has 1 saturated heterocycles. The van der Waals surface area contributed by atoms with Gasteiger partial charge in [0.15, 0.2) is 0 Å². The first-order chi connectivity index (χ1) is 12.8. The lowest BCUT2D eigenvalue weighted by Crippen LogP contribution is -2.42. The Morgan fingerprint density at radius 3 is 2.70 bits per heavy atom. The fourth-order valence-corrected chi connectivity index (χ4v) is 3.74. The third-order valence-electron chi connectivity index (χ3n) is 4.69. The molecule has 0 aliphatic carbocycles. The van der Waals surface area contributed by atoms with Crippen molar-refractivity contribution in [2.75, 3.05) is 19.7 Å². The number of nitrogens with zero attached hydrogens (tertiary/aromatic N) is 2. The van der Waals surface area contributed by atoms with Crippen molar-refractivity contribution < 1.29 is 14.3 Å². The van der Waals surface area contributed by atoms with Crippen molar-refractivity contribution in [2.45, 2.75) is 45.8 Å². The van der Waals surface area contributed by atoms with E-state index in [4.69, 9.17) is 9.47 Å². The van der Waals surface area contributed by atoms with Crippen molar-refractivity contribution >= 4 is 32.9 Å². The normalized spacial score (nSPS) is 15.9. The Hall–Kier alpha value is -1.66.